The summed E-state index contributed by atoms with van der Waals surface area (Å²) < 4.78 is 9.77. The van der Waals surface area contributed by atoms with Crippen LogP contribution in [0.15, 0.2) is 30.3 Å². The number of carbonyl (C=O) groups is 2. The van der Waals surface area contributed by atoms with Gasteiger partial charge in [-0.05, 0) is 5.56 Å². The van der Waals surface area contributed by atoms with Gasteiger partial charge in [-0.15, -0.1) is 0 Å². The Hall–Kier alpha value is -2.12. The molecule has 0 aliphatic rings. The molecule has 0 spiro atoms. The lowest BCUT2D eigenvalue weighted by Gasteiger charge is -2.20. The third kappa shape index (κ3) is 7.05. The van der Waals surface area contributed by atoms with Crippen molar-refractivity contribution in [2.24, 2.45) is 0 Å². The first-order chi connectivity index (χ1) is 10.5. The summed E-state index contributed by atoms with van der Waals surface area (Å²) in [7, 11) is 3.01. The Balaban J connectivity index is 2.23. The SMILES string of the molecule is COC[C@@H](O)CN(C)C(=O)CNC(=O)OCc1ccccc1. The van der Waals surface area contributed by atoms with Gasteiger partial charge in [0.25, 0.3) is 0 Å². The van der Waals surface area contributed by atoms with E-state index in [2.05, 4.69) is 5.32 Å². The molecular formula is C15H22N2O5. The molecule has 1 atom stereocenters. The molecule has 2 amide bonds. The standard InChI is InChI=1S/C15H22N2O5/c1-17(9-13(18)11-21-2)14(19)8-16-15(20)22-10-12-6-4-3-5-7-12/h3-7,13,18H,8-11H2,1-2H3,(H,16,20)/t13-/m0/s1. The van der Waals surface area contributed by atoms with Gasteiger partial charge in [0.2, 0.25) is 5.91 Å². The summed E-state index contributed by atoms with van der Waals surface area (Å²) in [6.07, 6.45) is -1.42. The monoisotopic (exact) mass is 310 g/mol. The molecule has 1 aromatic carbocycles. The Kier molecular flexibility index (Phi) is 7.95. The van der Waals surface area contributed by atoms with Crippen LogP contribution >= 0.6 is 0 Å². The number of carbonyl (C=O) groups excluding carboxylic acids is 2. The lowest BCUT2D eigenvalue weighted by molar-refractivity contribution is -0.130. The molecule has 0 saturated carbocycles. The van der Waals surface area contributed by atoms with Crippen LogP contribution < -0.4 is 5.32 Å². The van der Waals surface area contributed by atoms with Crippen LogP contribution in [0.1, 0.15) is 5.56 Å². The number of hydrogen-bond acceptors (Lipinski definition) is 5. The van der Waals surface area contributed by atoms with Crippen LogP contribution in [0.3, 0.4) is 0 Å². The summed E-state index contributed by atoms with van der Waals surface area (Å²) in [4.78, 5) is 24.6. The minimum atomic E-state index is -0.760. The van der Waals surface area contributed by atoms with Gasteiger partial charge in [0, 0.05) is 20.7 Å². The number of alkyl carbamates (subject to hydrolysis) is 1. The second-order valence-electron chi connectivity index (χ2n) is 4.80. The van der Waals surface area contributed by atoms with Crippen LogP contribution in [0.2, 0.25) is 0 Å². The molecular weight excluding hydrogens is 288 g/mol. The van der Waals surface area contributed by atoms with E-state index in [4.69, 9.17) is 9.47 Å². The fourth-order valence-corrected chi connectivity index (χ4v) is 1.72. The third-order valence-electron chi connectivity index (χ3n) is 2.87. The van der Waals surface area contributed by atoms with E-state index in [9.17, 15) is 14.7 Å². The highest BCUT2D eigenvalue weighted by Gasteiger charge is 2.14. The van der Waals surface area contributed by atoms with E-state index in [-0.39, 0.29) is 32.2 Å². The van der Waals surface area contributed by atoms with Gasteiger partial charge in [0.15, 0.2) is 0 Å². The van der Waals surface area contributed by atoms with E-state index in [1.807, 2.05) is 30.3 Å². The molecule has 22 heavy (non-hydrogen) atoms. The highest BCUT2D eigenvalue weighted by molar-refractivity contribution is 5.82. The third-order valence-corrected chi connectivity index (χ3v) is 2.87. The Bertz CT molecular complexity index is 466. The van der Waals surface area contributed by atoms with Crippen molar-refractivity contribution in [1.82, 2.24) is 10.2 Å². The van der Waals surface area contributed by atoms with Crippen LogP contribution in [-0.4, -0.2) is 62.0 Å². The fraction of sp³-hybridized carbons (Fsp3) is 0.467. The van der Waals surface area contributed by atoms with E-state index < -0.39 is 12.2 Å². The number of rotatable bonds is 8. The van der Waals surface area contributed by atoms with Crippen molar-refractivity contribution in [2.75, 3.05) is 33.9 Å². The summed E-state index contributed by atoms with van der Waals surface area (Å²) in [6.45, 7) is 0.227. The number of amides is 2. The number of ether oxygens (including phenoxy) is 2. The predicted molar refractivity (Wildman–Crippen MR) is 80.1 cm³/mol. The topological polar surface area (TPSA) is 88.1 Å². The molecule has 0 fully saturated rings. The molecule has 0 aliphatic heterocycles. The van der Waals surface area contributed by atoms with Crippen molar-refractivity contribution in [1.29, 1.82) is 0 Å². The number of hydrogen-bond donors (Lipinski definition) is 2. The highest BCUT2D eigenvalue weighted by Crippen LogP contribution is 2.00. The smallest absolute Gasteiger partial charge is 0.407 e. The average molecular weight is 310 g/mol. The predicted octanol–water partition coefficient (Wildman–Crippen LogP) is 0.379. The Morgan fingerprint density at radius 3 is 2.64 bits per heavy atom. The molecule has 7 nitrogen and oxygen atoms in total. The second kappa shape index (κ2) is 9.75. The maximum absolute atomic E-state index is 11.8. The number of benzene rings is 1. The van der Waals surface area contributed by atoms with E-state index in [1.165, 1.54) is 19.1 Å². The molecule has 2 N–H and O–H groups in total. The van der Waals surface area contributed by atoms with Gasteiger partial charge in [-0.1, -0.05) is 30.3 Å². The minimum absolute atomic E-state index is 0.132. The molecule has 0 saturated heterocycles. The van der Waals surface area contributed by atoms with Crippen molar-refractivity contribution in [3.63, 3.8) is 0 Å². The molecule has 1 rings (SSSR count). The average Bonchev–Trinajstić information content (AvgIpc) is 2.51. The van der Waals surface area contributed by atoms with Crippen LogP contribution in [0.5, 0.6) is 0 Å². The minimum Gasteiger partial charge on any atom is -0.445 e. The van der Waals surface area contributed by atoms with Crippen LogP contribution in [0.4, 0.5) is 4.79 Å². The van der Waals surface area contributed by atoms with Crippen molar-refractivity contribution >= 4 is 12.0 Å². The van der Waals surface area contributed by atoms with Crippen molar-refractivity contribution in [3.8, 4) is 0 Å². The summed E-state index contributed by atoms with van der Waals surface area (Å²) in [5.74, 6) is -0.327. The van der Waals surface area contributed by atoms with E-state index in [0.29, 0.717) is 0 Å². The van der Waals surface area contributed by atoms with Crippen LogP contribution in [0.25, 0.3) is 0 Å². The lowest BCUT2D eigenvalue weighted by Crippen LogP contribution is -2.42. The first kappa shape index (κ1) is 17.9. The summed E-state index contributed by atoms with van der Waals surface area (Å²) in [6, 6.07) is 9.24. The maximum Gasteiger partial charge on any atom is 0.407 e. The van der Waals surface area contributed by atoms with Gasteiger partial charge in [-0.25, -0.2) is 4.79 Å². The summed E-state index contributed by atoms with van der Waals surface area (Å²) >= 11 is 0. The quantitative estimate of drug-likeness (QED) is 0.725. The number of aliphatic hydroxyl groups is 1. The normalized spacial score (nSPS) is 11.6. The van der Waals surface area contributed by atoms with Gasteiger partial charge < -0.3 is 24.8 Å². The molecule has 0 aromatic heterocycles. The van der Waals surface area contributed by atoms with E-state index in [0.717, 1.165) is 5.56 Å². The van der Waals surface area contributed by atoms with Gasteiger partial charge in [0.05, 0.1) is 12.7 Å². The largest absolute Gasteiger partial charge is 0.445 e. The summed E-state index contributed by atoms with van der Waals surface area (Å²) in [5, 5.41) is 11.9. The molecule has 122 valence electrons. The Morgan fingerprint density at radius 1 is 1.32 bits per heavy atom. The maximum atomic E-state index is 11.8. The van der Waals surface area contributed by atoms with Gasteiger partial charge in [-0.2, -0.15) is 0 Å². The first-order valence-electron chi connectivity index (χ1n) is 6.88. The second-order valence-corrected chi connectivity index (χ2v) is 4.80. The Morgan fingerprint density at radius 2 is 2.00 bits per heavy atom. The van der Waals surface area contributed by atoms with Crippen molar-refractivity contribution < 1.29 is 24.2 Å². The molecule has 0 radical (unpaired) electrons. The van der Waals surface area contributed by atoms with Crippen LogP contribution in [-0.2, 0) is 20.9 Å². The summed E-state index contributed by atoms with van der Waals surface area (Å²) in [5.41, 5.74) is 0.865. The molecule has 1 aromatic rings. The molecule has 7 heteroatoms. The van der Waals surface area contributed by atoms with E-state index >= 15 is 0 Å². The van der Waals surface area contributed by atoms with Crippen molar-refractivity contribution in [3.05, 3.63) is 35.9 Å². The molecule has 0 heterocycles. The number of methoxy groups -OCH3 is 1. The molecule has 0 unspecified atom stereocenters. The zero-order valence-corrected chi connectivity index (χ0v) is 12.8. The van der Waals surface area contributed by atoms with E-state index in [1.54, 1.807) is 0 Å². The first-order valence-corrected chi connectivity index (χ1v) is 6.88. The molecule has 0 bridgehead atoms. The van der Waals surface area contributed by atoms with Crippen LogP contribution in [0, 0.1) is 0 Å². The number of likely N-dealkylation sites (N-methyl/N-ethyl adjacent to an activating group) is 1. The number of nitrogens with zero attached hydrogens (tertiary/aromatic N) is 1. The van der Waals surface area contributed by atoms with Gasteiger partial charge in [0.1, 0.15) is 13.2 Å². The highest BCUT2D eigenvalue weighted by atomic mass is 16.5. The van der Waals surface area contributed by atoms with Crippen molar-refractivity contribution in [2.45, 2.75) is 12.7 Å². The zero-order valence-electron chi connectivity index (χ0n) is 12.8. The van der Waals surface area contributed by atoms with Gasteiger partial charge in [-0.3, -0.25) is 4.79 Å². The zero-order chi connectivity index (χ0) is 16.4. The number of nitrogens with one attached hydrogen (secondary N) is 1. The Labute approximate surface area is 129 Å². The number of aliphatic hydroxyl groups excluding tert-OH is 1. The van der Waals surface area contributed by atoms with Gasteiger partial charge >= 0.3 is 6.09 Å². The fourth-order valence-electron chi connectivity index (χ4n) is 1.72. The molecule has 0 aliphatic carbocycles. The lowest BCUT2D eigenvalue weighted by atomic mass is 10.2.